The summed E-state index contributed by atoms with van der Waals surface area (Å²) in [5.74, 6) is 1.11. The molecule has 4 rings (SSSR count). The van der Waals surface area contributed by atoms with Gasteiger partial charge in [-0.05, 0) is 55.1 Å². The molecule has 0 saturated heterocycles. The van der Waals surface area contributed by atoms with Gasteiger partial charge in [-0.2, -0.15) is 0 Å². The van der Waals surface area contributed by atoms with Crippen molar-refractivity contribution in [2.75, 3.05) is 19.7 Å². The van der Waals surface area contributed by atoms with Gasteiger partial charge in [-0.25, -0.2) is 4.79 Å². The Labute approximate surface area is 182 Å². The molecule has 0 atom stereocenters. The minimum absolute atomic E-state index is 0.194. The van der Waals surface area contributed by atoms with Crippen molar-refractivity contribution in [3.05, 3.63) is 59.4 Å². The third kappa shape index (κ3) is 4.64. The Kier molecular flexibility index (Phi) is 6.08. The molecule has 1 aliphatic rings. The summed E-state index contributed by atoms with van der Waals surface area (Å²) in [5.41, 5.74) is 2.04. The number of fused-ring (bicyclic) bond motifs is 1. The number of benzene rings is 2. The SMILES string of the molecule is CSc1nnc(C)n1-c1ccc(C(=O)OCC(=O)NCc2ccc3c(c2)OCO3)cc1. The Balaban J connectivity index is 1.29. The van der Waals surface area contributed by atoms with Crippen LogP contribution in [-0.4, -0.2) is 46.3 Å². The maximum absolute atomic E-state index is 12.3. The number of carbonyl (C=O) groups is 2. The fourth-order valence-electron chi connectivity index (χ4n) is 3.04. The summed E-state index contributed by atoms with van der Waals surface area (Å²) in [6, 6.07) is 12.3. The van der Waals surface area contributed by atoms with Crippen LogP contribution in [0.25, 0.3) is 5.69 Å². The molecule has 10 heteroatoms. The Morgan fingerprint density at radius 2 is 1.90 bits per heavy atom. The average molecular weight is 440 g/mol. The first-order chi connectivity index (χ1) is 15.0. The summed E-state index contributed by atoms with van der Waals surface area (Å²) in [4.78, 5) is 24.3. The Hall–Kier alpha value is -3.53. The molecular formula is C21H20N4O5S. The number of thioether (sulfide) groups is 1. The van der Waals surface area contributed by atoms with E-state index in [1.807, 2.05) is 23.8 Å². The fraction of sp³-hybridized carbons (Fsp3) is 0.238. The van der Waals surface area contributed by atoms with Crippen LogP contribution >= 0.6 is 11.8 Å². The predicted molar refractivity (Wildman–Crippen MR) is 113 cm³/mol. The number of nitrogens with one attached hydrogen (secondary N) is 1. The number of carbonyl (C=O) groups excluding carboxylic acids is 2. The van der Waals surface area contributed by atoms with Crippen LogP contribution in [0.2, 0.25) is 0 Å². The largest absolute Gasteiger partial charge is 0.454 e. The van der Waals surface area contributed by atoms with Gasteiger partial charge in [0, 0.05) is 12.2 Å². The minimum Gasteiger partial charge on any atom is -0.454 e. The van der Waals surface area contributed by atoms with Gasteiger partial charge in [0.2, 0.25) is 6.79 Å². The van der Waals surface area contributed by atoms with Crippen LogP contribution in [0.4, 0.5) is 0 Å². The molecule has 1 aliphatic heterocycles. The standard InChI is InChI=1S/C21H20N4O5S/c1-13-23-24-21(31-2)25(13)16-6-4-15(5-7-16)20(27)28-11-19(26)22-10-14-3-8-17-18(9-14)30-12-29-17/h3-9H,10-12H2,1-2H3,(H,22,26). The van der Waals surface area contributed by atoms with E-state index < -0.39 is 11.9 Å². The van der Waals surface area contributed by atoms with Gasteiger partial charge in [0.1, 0.15) is 5.82 Å². The van der Waals surface area contributed by atoms with Crippen LogP contribution < -0.4 is 14.8 Å². The van der Waals surface area contributed by atoms with Gasteiger partial charge in [-0.1, -0.05) is 17.8 Å². The predicted octanol–water partition coefficient (Wildman–Crippen LogP) is 2.50. The van der Waals surface area contributed by atoms with Crippen LogP contribution in [0.1, 0.15) is 21.7 Å². The molecule has 0 saturated carbocycles. The summed E-state index contributed by atoms with van der Waals surface area (Å²) in [5, 5.41) is 11.6. The van der Waals surface area contributed by atoms with Gasteiger partial charge in [0.15, 0.2) is 23.3 Å². The highest BCUT2D eigenvalue weighted by Gasteiger charge is 2.15. The lowest BCUT2D eigenvalue weighted by molar-refractivity contribution is -0.124. The van der Waals surface area contributed by atoms with Crippen molar-refractivity contribution >= 4 is 23.6 Å². The maximum atomic E-state index is 12.3. The number of aryl methyl sites for hydroxylation is 1. The van der Waals surface area contributed by atoms with Crippen molar-refractivity contribution in [1.82, 2.24) is 20.1 Å². The molecule has 9 nitrogen and oxygen atoms in total. The quantitative estimate of drug-likeness (QED) is 0.441. The summed E-state index contributed by atoms with van der Waals surface area (Å²) in [6.07, 6.45) is 1.92. The van der Waals surface area contributed by atoms with Crippen LogP contribution in [0.15, 0.2) is 47.6 Å². The molecule has 3 aromatic rings. The Morgan fingerprint density at radius 1 is 1.13 bits per heavy atom. The zero-order chi connectivity index (χ0) is 21.8. The molecular weight excluding hydrogens is 420 g/mol. The van der Waals surface area contributed by atoms with E-state index >= 15 is 0 Å². The van der Waals surface area contributed by atoms with Gasteiger partial charge in [0.25, 0.3) is 5.91 Å². The molecule has 1 amide bonds. The van der Waals surface area contributed by atoms with E-state index in [9.17, 15) is 9.59 Å². The summed E-state index contributed by atoms with van der Waals surface area (Å²) in [7, 11) is 0. The number of hydrogen-bond donors (Lipinski definition) is 1. The van der Waals surface area contributed by atoms with Crippen LogP contribution in [0, 0.1) is 6.92 Å². The number of esters is 1. The van der Waals surface area contributed by atoms with Crippen molar-refractivity contribution in [2.45, 2.75) is 18.6 Å². The van der Waals surface area contributed by atoms with Gasteiger partial charge < -0.3 is 19.5 Å². The van der Waals surface area contributed by atoms with Crippen LogP contribution in [0.3, 0.4) is 0 Å². The van der Waals surface area contributed by atoms with Crippen LogP contribution in [-0.2, 0) is 16.1 Å². The van der Waals surface area contributed by atoms with E-state index in [0.29, 0.717) is 17.1 Å². The number of amides is 1. The second kappa shape index (κ2) is 9.09. The molecule has 1 N–H and O–H groups in total. The van der Waals surface area contributed by atoms with E-state index in [1.165, 1.54) is 11.8 Å². The molecule has 0 fully saturated rings. The highest BCUT2D eigenvalue weighted by Crippen LogP contribution is 2.32. The number of hydrogen-bond acceptors (Lipinski definition) is 8. The normalized spacial score (nSPS) is 11.9. The topological polar surface area (TPSA) is 105 Å². The molecule has 2 aromatic carbocycles. The third-order valence-electron chi connectivity index (χ3n) is 4.60. The maximum Gasteiger partial charge on any atom is 0.338 e. The zero-order valence-electron chi connectivity index (χ0n) is 17.0. The molecule has 0 aliphatic carbocycles. The second-order valence-corrected chi connectivity index (χ2v) is 7.43. The van der Waals surface area contributed by atoms with Crippen molar-refractivity contribution in [3.63, 3.8) is 0 Å². The van der Waals surface area contributed by atoms with E-state index in [-0.39, 0.29) is 19.9 Å². The first kappa shape index (κ1) is 20.7. The number of rotatable bonds is 7. The minimum atomic E-state index is -0.574. The smallest absolute Gasteiger partial charge is 0.338 e. The number of aromatic nitrogens is 3. The van der Waals surface area contributed by atoms with Crippen molar-refractivity contribution in [3.8, 4) is 17.2 Å². The number of nitrogens with zero attached hydrogens (tertiary/aromatic N) is 3. The van der Waals surface area contributed by atoms with E-state index in [2.05, 4.69) is 15.5 Å². The van der Waals surface area contributed by atoms with Crippen molar-refractivity contribution in [2.24, 2.45) is 0 Å². The highest BCUT2D eigenvalue weighted by molar-refractivity contribution is 7.98. The molecule has 0 spiro atoms. The lowest BCUT2D eigenvalue weighted by atomic mass is 10.2. The summed E-state index contributed by atoms with van der Waals surface area (Å²) >= 11 is 1.48. The first-order valence-corrected chi connectivity index (χ1v) is 10.7. The Bertz CT molecular complexity index is 1110. The molecule has 2 heterocycles. The summed E-state index contributed by atoms with van der Waals surface area (Å²) < 4.78 is 17.6. The zero-order valence-corrected chi connectivity index (χ0v) is 17.8. The van der Waals surface area contributed by atoms with Gasteiger partial charge in [-0.3, -0.25) is 9.36 Å². The molecule has 31 heavy (non-hydrogen) atoms. The lowest BCUT2D eigenvalue weighted by Crippen LogP contribution is -2.28. The van der Waals surface area contributed by atoms with Gasteiger partial charge in [0.05, 0.1) is 5.56 Å². The summed E-state index contributed by atoms with van der Waals surface area (Å²) in [6.45, 7) is 1.97. The number of ether oxygens (including phenoxy) is 3. The second-order valence-electron chi connectivity index (χ2n) is 6.66. The average Bonchev–Trinajstić information content (AvgIpc) is 3.41. The molecule has 160 valence electrons. The fourth-order valence-corrected chi connectivity index (χ4v) is 3.58. The molecule has 1 aromatic heterocycles. The third-order valence-corrected chi connectivity index (χ3v) is 5.23. The van der Waals surface area contributed by atoms with Crippen molar-refractivity contribution in [1.29, 1.82) is 0 Å². The first-order valence-electron chi connectivity index (χ1n) is 9.44. The lowest BCUT2D eigenvalue weighted by Gasteiger charge is -2.09. The molecule has 0 bridgehead atoms. The van der Waals surface area contributed by atoms with E-state index in [0.717, 1.165) is 22.2 Å². The van der Waals surface area contributed by atoms with E-state index in [4.69, 9.17) is 14.2 Å². The molecule has 0 unspecified atom stereocenters. The highest BCUT2D eigenvalue weighted by atomic mass is 32.2. The molecule has 0 radical (unpaired) electrons. The van der Waals surface area contributed by atoms with Crippen LogP contribution in [0.5, 0.6) is 11.5 Å². The van der Waals surface area contributed by atoms with Gasteiger partial charge >= 0.3 is 5.97 Å². The van der Waals surface area contributed by atoms with E-state index in [1.54, 1.807) is 36.4 Å². The monoisotopic (exact) mass is 440 g/mol. The Morgan fingerprint density at radius 3 is 2.68 bits per heavy atom. The van der Waals surface area contributed by atoms with Gasteiger partial charge in [-0.15, -0.1) is 10.2 Å². The van der Waals surface area contributed by atoms with Crippen molar-refractivity contribution < 1.29 is 23.8 Å².